The van der Waals surface area contributed by atoms with Gasteiger partial charge >= 0.3 is 0 Å². The molecule has 0 saturated heterocycles. The highest BCUT2D eigenvalue weighted by Gasteiger charge is 2.10. The van der Waals surface area contributed by atoms with Gasteiger partial charge in [-0.05, 0) is 12.5 Å². The number of hydrogen-bond donors (Lipinski definition) is 1. The van der Waals surface area contributed by atoms with E-state index in [2.05, 4.69) is 56.3 Å². The number of nitrogens with zero attached hydrogens (tertiary/aromatic N) is 4. The van der Waals surface area contributed by atoms with Crippen LogP contribution >= 0.6 is 0 Å². The number of anilines is 1. The zero-order valence-electron chi connectivity index (χ0n) is 11.0. The van der Waals surface area contributed by atoms with Crippen molar-refractivity contribution in [3.8, 4) is 0 Å². The molecule has 0 spiro atoms. The Morgan fingerprint density at radius 2 is 1.95 bits per heavy atom. The maximum absolute atomic E-state index is 4.35. The third-order valence-electron chi connectivity index (χ3n) is 3.13. The summed E-state index contributed by atoms with van der Waals surface area (Å²) in [5.41, 5.74) is 3.29. The van der Waals surface area contributed by atoms with Crippen molar-refractivity contribution in [2.75, 3.05) is 11.9 Å². The van der Waals surface area contributed by atoms with E-state index < -0.39 is 0 Å². The molecular weight excluding hydrogens is 238 g/mol. The van der Waals surface area contributed by atoms with E-state index in [0.717, 1.165) is 23.4 Å². The number of fused-ring (bicyclic) bond motifs is 1. The number of benzene rings is 1. The molecule has 1 aromatic carbocycles. The maximum atomic E-state index is 4.35. The lowest BCUT2D eigenvalue weighted by molar-refractivity contribution is 0.899. The summed E-state index contributed by atoms with van der Waals surface area (Å²) in [6.07, 6.45) is 3.32. The highest BCUT2D eigenvalue weighted by Crippen LogP contribution is 2.21. The van der Waals surface area contributed by atoms with Crippen LogP contribution in [-0.4, -0.2) is 27.2 Å². The minimum atomic E-state index is 0.765. The molecule has 2 aromatic heterocycles. The van der Waals surface area contributed by atoms with Crippen LogP contribution in [0.15, 0.2) is 36.8 Å². The van der Waals surface area contributed by atoms with Crippen molar-refractivity contribution < 1.29 is 0 Å². The van der Waals surface area contributed by atoms with Gasteiger partial charge in [0.1, 0.15) is 12.1 Å². The molecule has 0 radical (unpaired) electrons. The van der Waals surface area contributed by atoms with Crippen molar-refractivity contribution in [2.24, 2.45) is 0 Å². The van der Waals surface area contributed by atoms with Gasteiger partial charge in [-0.1, -0.05) is 29.8 Å². The number of rotatable bonds is 3. The first kappa shape index (κ1) is 11.6. The van der Waals surface area contributed by atoms with E-state index in [-0.39, 0.29) is 0 Å². The average molecular weight is 253 g/mol. The molecule has 0 unspecified atom stereocenters. The molecule has 1 N–H and O–H groups in total. The van der Waals surface area contributed by atoms with Gasteiger partial charge in [0, 0.05) is 13.6 Å². The van der Waals surface area contributed by atoms with Crippen molar-refractivity contribution >= 4 is 16.9 Å². The maximum Gasteiger partial charge on any atom is 0.160 e. The van der Waals surface area contributed by atoms with Gasteiger partial charge in [-0.25, -0.2) is 9.97 Å². The first-order valence-corrected chi connectivity index (χ1v) is 6.15. The number of nitrogens with one attached hydrogen (secondary N) is 1. The van der Waals surface area contributed by atoms with Gasteiger partial charge in [-0.15, -0.1) is 0 Å². The molecule has 2 heterocycles. The van der Waals surface area contributed by atoms with E-state index in [1.165, 1.54) is 11.1 Å². The van der Waals surface area contributed by atoms with Gasteiger partial charge in [0.05, 0.1) is 11.6 Å². The molecule has 0 amide bonds. The molecule has 0 saturated carbocycles. The largest absolute Gasteiger partial charge is 0.355 e. The van der Waals surface area contributed by atoms with Crippen LogP contribution in [0.5, 0.6) is 0 Å². The lowest BCUT2D eigenvalue weighted by Crippen LogP contribution is -2.18. The van der Waals surface area contributed by atoms with Crippen LogP contribution in [0.3, 0.4) is 0 Å². The van der Waals surface area contributed by atoms with E-state index >= 15 is 0 Å². The van der Waals surface area contributed by atoms with E-state index in [1.54, 1.807) is 12.5 Å². The van der Waals surface area contributed by atoms with Crippen LogP contribution in [0, 0.1) is 6.92 Å². The highest BCUT2D eigenvalue weighted by molar-refractivity contribution is 5.85. The monoisotopic (exact) mass is 253 g/mol. The fourth-order valence-corrected chi connectivity index (χ4v) is 2.10. The van der Waals surface area contributed by atoms with E-state index in [1.807, 2.05) is 7.05 Å². The van der Waals surface area contributed by atoms with Gasteiger partial charge in [-0.3, -0.25) is 5.10 Å². The molecule has 19 heavy (non-hydrogen) atoms. The fraction of sp³-hybridized carbons (Fsp3) is 0.214. The quantitative estimate of drug-likeness (QED) is 0.778. The average Bonchev–Trinajstić information content (AvgIpc) is 2.89. The molecule has 3 aromatic rings. The molecule has 3 rings (SSSR count). The summed E-state index contributed by atoms with van der Waals surface area (Å²) >= 11 is 0. The smallest absolute Gasteiger partial charge is 0.160 e. The summed E-state index contributed by atoms with van der Waals surface area (Å²) in [6.45, 7) is 2.89. The SMILES string of the molecule is Cc1ccc(CN(C)c2ncnc3[nH]ncc23)cc1. The highest BCUT2D eigenvalue weighted by atomic mass is 15.2. The molecule has 0 aliphatic carbocycles. The zero-order valence-corrected chi connectivity index (χ0v) is 11.0. The predicted octanol–water partition coefficient (Wildman–Crippen LogP) is 2.30. The van der Waals surface area contributed by atoms with Gasteiger partial charge in [0.25, 0.3) is 0 Å². The minimum Gasteiger partial charge on any atom is -0.355 e. The summed E-state index contributed by atoms with van der Waals surface area (Å²) in [6, 6.07) is 8.52. The number of aryl methyl sites for hydroxylation is 1. The Bertz CT molecular complexity index is 686. The van der Waals surface area contributed by atoms with Crippen LogP contribution in [0.1, 0.15) is 11.1 Å². The first-order valence-electron chi connectivity index (χ1n) is 6.15. The third-order valence-corrected chi connectivity index (χ3v) is 3.13. The predicted molar refractivity (Wildman–Crippen MR) is 75.0 cm³/mol. The fourth-order valence-electron chi connectivity index (χ4n) is 2.10. The molecule has 96 valence electrons. The lowest BCUT2D eigenvalue weighted by atomic mass is 10.1. The van der Waals surface area contributed by atoms with E-state index in [9.17, 15) is 0 Å². The van der Waals surface area contributed by atoms with E-state index in [0.29, 0.717) is 0 Å². The van der Waals surface area contributed by atoms with E-state index in [4.69, 9.17) is 0 Å². The van der Waals surface area contributed by atoms with Crippen molar-refractivity contribution in [3.05, 3.63) is 47.9 Å². The number of hydrogen-bond acceptors (Lipinski definition) is 4. The third kappa shape index (κ3) is 2.27. The molecule has 0 aliphatic heterocycles. The second-order valence-electron chi connectivity index (χ2n) is 4.67. The first-order chi connectivity index (χ1) is 9.24. The molecule has 0 fully saturated rings. The van der Waals surface area contributed by atoms with Crippen molar-refractivity contribution in [2.45, 2.75) is 13.5 Å². The molecule has 0 bridgehead atoms. The Morgan fingerprint density at radius 1 is 1.16 bits per heavy atom. The Morgan fingerprint density at radius 3 is 2.74 bits per heavy atom. The van der Waals surface area contributed by atoms with Crippen LogP contribution in [-0.2, 0) is 6.54 Å². The topological polar surface area (TPSA) is 57.7 Å². The summed E-state index contributed by atoms with van der Waals surface area (Å²) in [4.78, 5) is 10.6. The Balaban J connectivity index is 1.89. The second-order valence-corrected chi connectivity index (χ2v) is 4.67. The second kappa shape index (κ2) is 4.68. The molecule has 5 nitrogen and oxygen atoms in total. The van der Waals surface area contributed by atoms with Gasteiger partial charge in [0.2, 0.25) is 0 Å². The normalized spacial score (nSPS) is 10.8. The zero-order chi connectivity index (χ0) is 13.2. The van der Waals surface area contributed by atoms with Crippen molar-refractivity contribution in [3.63, 3.8) is 0 Å². The molecule has 5 heteroatoms. The molecular formula is C14H15N5. The lowest BCUT2D eigenvalue weighted by Gasteiger charge is -2.18. The van der Waals surface area contributed by atoms with Crippen LogP contribution in [0.2, 0.25) is 0 Å². The summed E-state index contributed by atoms with van der Waals surface area (Å²) in [5, 5.41) is 7.81. The summed E-state index contributed by atoms with van der Waals surface area (Å²) in [5.74, 6) is 0.888. The molecule has 0 aliphatic rings. The van der Waals surface area contributed by atoms with Crippen LogP contribution in [0.25, 0.3) is 11.0 Å². The van der Waals surface area contributed by atoms with Gasteiger partial charge in [0.15, 0.2) is 5.65 Å². The van der Waals surface area contributed by atoms with Gasteiger partial charge in [-0.2, -0.15) is 5.10 Å². The minimum absolute atomic E-state index is 0.765. The number of aromatic nitrogens is 4. The summed E-state index contributed by atoms with van der Waals surface area (Å²) < 4.78 is 0. The molecule has 0 atom stereocenters. The Labute approximate surface area is 111 Å². The number of H-pyrrole nitrogens is 1. The van der Waals surface area contributed by atoms with Crippen molar-refractivity contribution in [1.82, 2.24) is 20.2 Å². The number of aromatic amines is 1. The van der Waals surface area contributed by atoms with Crippen LogP contribution in [0.4, 0.5) is 5.82 Å². The Hall–Kier alpha value is -2.43. The van der Waals surface area contributed by atoms with Crippen molar-refractivity contribution in [1.29, 1.82) is 0 Å². The standard InChI is InChI=1S/C14H15N5/c1-10-3-5-11(6-4-10)8-19(2)14-12-7-17-18-13(12)15-9-16-14/h3-7,9H,8H2,1-2H3,(H,15,16,17,18). The summed E-state index contributed by atoms with van der Waals surface area (Å²) in [7, 11) is 2.02. The Kier molecular flexibility index (Phi) is 2.87. The van der Waals surface area contributed by atoms with Crippen LogP contribution < -0.4 is 4.90 Å². The van der Waals surface area contributed by atoms with Gasteiger partial charge < -0.3 is 4.90 Å².